The minimum absolute atomic E-state index is 0.124. The zero-order valence-electron chi connectivity index (χ0n) is 21.4. The van der Waals surface area contributed by atoms with Gasteiger partial charge in [0.1, 0.15) is 30.0 Å². The molecule has 1 heterocycles. The molecule has 196 valence electrons. The van der Waals surface area contributed by atoms with Crippen molar-refractivity contribution in [3.8, 4) is 16.9 Å². The van der Waals surface area contributed by atoms with Gasteiger partial charge in [0.2, 0.25) is 0 Å². The molecule has 3 N–H and O–H groups in total. The Morgan fingerprint density at radius 3 is 2.51 bits per heavy atom. The Hall–Kier alpha value is -3.49. The van der Waals surface area contributed by atoms with E-state index in [4.69, 9.17) is 9.47 Å². The summed E-state index contributed by atoms with van der Waals surface area (Å²) >= 11 is 0. The van der Waals surface area contributed by atoms with Gasteiger partial charge in [-0.1, -0.05) is 36.4 Å². The largest absolute Gasteiger partial charge is 0.490 e. The van der Waals surface area contributed by atoms with E-state index in [2.05, 4.69) is 15.6 Å². The Morgan fingerprint density at radius 1 is 1.11 bits per heavy atom. The number of aliphatic hydroxyl groups is 1. The van der Waals surface area contributed by atoms with Crippen LogP contribution in [0.3, 0.4) is 0 Å². The Kier molecular flexibility index (Phi) is 8.41. The van der Waals surface area contributed by atoms with E-state index in [1.165, 1.54) is 6.07 Å². The number of halogens is 1. The number of aliphatic hydroxyl groups excluding tert-OH is 1. The van der Waals surface area contributed by atoms with Gasteiger partial charge < -0.3 is 19.9 Å². The molecule has 1 amide bonds. The van der Waals surface area contributed by atoms with E-state index < -0.39 is 18.1 Å². The molecule has 0 saturated heterocycles. The zero-order chi connectivity index (χ0) is 26.4. The normalized spacial score (nSPS) is 18.0. The molecule has 1 atom stereocenters. The lowest BCUT2D eigenvalue weighted by molar-refractivity contribution is -0.0244. The molecule has 0 aliphatic heterocycles. The van der Waals surface area contributed by atoms with Gasteiger partial charge in [0.25, 0.3) is 0 Å². The molecule has 1 unspecified atom stereocenters. The van der Waals surface area contributed by atoms with E-state index in [9.17, 15) is 14.3 Å². The first kappa shape index (κ1) is 26.6. The van der Waals surface area contributed by atoms with Gasteiger partial charge in [-0.15, -0.1) is 0 Å². The summed E-state index contributed by atoms with van der Waals surface area (Å²) in [4.78, 5) is 16.2. The zero-order valence-corrected chi connectivity index (χ0v) is 21.4. The van der Waals surface area contributed by atoms with Gasteiger partial charge in [-0.25, -0.2) is 9.18 Å². The number of carbonyl (C=O) groups excluding carboxylic acids is 1. The lowest BCUT2D eigenvalue weighted by Gasteiger charge is -2.35. The van der Waals surface area contributed by atoms with Gasteiger partial charge in [-0.3, -0.25) is 10.3 Å². The molecule has 0 bridgehead atoms. The minimum atomic E-state index is -0.740. The first-order valence-electron chi connectivity index (χ1n) is 12.5. The van der Waals surface area contributed by atoms with Crippen LogP contribution in [0.5, 0.6) is 5.75 Å². The number of nitrogens with one attached hydrogen (secondary N) is 2. The second kappa shape index (κ2) is 11.7. The summed E-state index contributed by atoms with van der Waals surface area (Å²) in [5.41, 5.74) is 2.49. The minimum Gasteiger partial charge on any atom is -0.490 e. The van der Waals surface area contributed by atoms with Gasteiger partial charge in [-0.05, 0) is 44.5 Å². The Morgan fingerprint density at radius 2 is 1.86 bits per heavy atom. The van der Waals surface area contributed by atoms with Crippen molar-refractivity contribution in [1.29, 1.82) is 0 Å². The molecular formula is C29H34FN3O4. The van der Waals surface area contributed by atoms with Crippen molar-refractivity contribution in [2.24, 2.45) is 0 Å². The summed E-state index contributed by atoms with van der Waals surface area (Å²) < 4.78 is 26.1. The maximum Gasteiger partial charge on any atom is 0.407 e. The summed E-state index contributed by atoms with van der Waals surface area (Å²) in [6.45, 7) is 6.22. The number of ether oxygens (including phenoxy) is 2. The molecule has 1 aromatic heterocycles. The number of rotatable bonds is 9. The number of aromatic nitrogens is 1. The van der Waals surface area contributed by atoms with Crippen molar-refractivity contribution in [3.63, 3.8) is 0 Å². The second-order valence-corrected chi connectivity index (χ2v) is 10.4. The lowest BCUT2D eigenvalue weighted by atomic mass is 9.92. The van der Waals surface area contributed by atoms with E-state index in [0.29, 0.717) is 48.4 Å². The van der Waals surface area contributed by atoms with Crippen LogP contribution in [0.4, 0.5) is 9.18 Å². The number of carbonyl (C=O) groups is 1. The van der Waals surface area contributed by atoms with Crippen molar-refractivity contribution in [2.45, 2.75) is 70.6 Å². The van der Waals surface area contributed by atoms with Gasteiger partial charge in [0.15, 0.2) is 0 Å². The summed E-state index contributed by atoms with van der Waals surface area (Å²) in [6, 6.07) is 18.2. The van der Waals surface area contributed by atoms with E-state index in [-0.39, 0.29) is 17.7 Å². The molecule has 1 saturated carbocycles. The van der Waals surface area contributed by atoms with Crippen molar-refractivity contribution in [3.05, 3.63) is 83.9 Å². The van der Waals surface area contributed by atoms with Crippen molar-refractivity contribution < 1.29 is 23.8 Å². The average molecular weight is 508 g/mol. The summed E-state index contributed by atoms with van der Waals surface area (Å²) in [5.74, 6) is 0.0225. The van der Waals surface area contributed by atoms with Crippen molar-refractivity contribution in [2.75, 3.05) is 0 Å². The molecule has 1 fully saturated rings. The third-order valence-corrected chi connectivity index (χ3v) is 5.97. The molecule has 1 aliphatic carbocycles. The van der Waals surface area contributed by atoms with Gasteiger partial charge in [0, 0.05) is 60.4 Å². The van der Waals surface area contributed by atoms with Gasteiger partial charge in [-0.2, -0.15) is 0 Å². The fraction of sp³-hybridized carbons (Fsp3) is 0.379. The highest BCUT2D eigenvalue weighted by atomic mass is 19.1. The lowest BCUT2D eigenvalue weighted by Crippen LogP contribution is -2.46. The van der Waals surface area contributed by atoms with E-state index in [1.54, 1.807) is 30.5 Å². The van der Waals surface area contributed by atoms with Crippen LogP contribution in [0.15, 0.2) is 66.9 Å². The first-order valence-corrected chi connectivity index (χ1v) is 12.5. The first-order chi connectivity index (χ1) is 17.6. The summed E-state index contributed by atoms with van der Waals surface area (Å²) in [5, 5.41) is 16.1. The molecule has 1 aliphatic rings. The topological polar surface area (TPSA) is 92.7 Å². The third-order valence-electron chi connectivity index (χ3n) is 5.97. The monoisotopic (exact) mass is 507 g/mol. The molecule has 7 nitrogen and oxygen atoms in total. The third kappa shape index (κ3) is 8.00. The number of pyridine rings is 1. The Labute approximate surface area is 217 Å². The summed E-state index contributed by atoms with van der Waals surface area (Å²) in [7, 11) is 0. The molecule has 8 heteroatoms. The van der Waals surface area contributed by atoms with Crippen LogP contribution in [0.2, 0.25) is 0 Å². The molecule has 3 aromatic rings. The van der Waals surface area contributed by atoms with Gasteiger partial charge in [0.05, 0.1) is 0 Å². The molecular weight excluding hydrogens is 473 g/mol. The van der Waals surface area contributed by atoms with Crippen molar-refractivity contribution >= 4 is 6.09 Å². The number of hydrogen-bond donors (Lipinski definition) is 3. The summed E-state index contributed by atoms with van der Waals surface area (Å²) in [6.07, 6.45) is 1.58. The van der Waals surface area contributed by atoms with E-state index >= 15 is 0 Å². The maximum atomic E-state index is 14.9. The highest BCUT2D eigenvalue weighted by molar-refractivity contribution is 5.68. The SMILES string of the molecule is CC(C)(C)NC(=O)OC1CC(Oc2ccc(-c3ccc(CC(O)NCc4ccccc4)nc3)c(F)c2)C1. The van der Waals surface area contributed by atoms with Crippen LogP contribution in [-0.2, 0) is 17.7 Å². The molecule has 0 radical (unpaired) electrons. The van der Waals surface area contributed by atoms with Crippen molar-refractivity contribution in [1.82, 2.24) is 15.6 Å². The number of benzene rings is 2. The Bertz CT molecular complexity index is 1180. The smallest absolute Gasteiger partial charge is 0.407 e. The molecule has 37 heavy (non-hydrogen) atoms. The number of hydrogen-bond acceptors (Lipinski definition) is 6. The maximum absolute atomic E-state index is 14.9. The predicted octanol–water partition coefficient (Wildman–Crippen LogP) is 4.97. The van der Waals surface area contributed by atoms with Crippen LogP contribution < -0.4 is 15.4 Å². The van der Waals surface area contributed by atoms with Crippen LogP contribution >= 0.6 is 0 Å². The number of nitrogens with zero attached hydrogens (tertiary/aromatic N) is 1. The highest BCUT2D eigenvalue weighted by Gasteiger charge is 2.34. The van der Waals surface area contributed by atoms with E-state index in [1.807, 2.05) is 51.1 Å². The fourth-order valence-electron chi connectivity index (χ4n) is 4.00. The molecule has 2 aromatic carbocycles. The van der Waals surface area contributed by atoms with Crippen LogP contribution in [0, 0.1) is 5.82 Å². The number of amides is 1. The molecule has 4 rings (SSSR count). The van der Waals surface area contributed by atoms with Crippen LogP contribution in [-0.4, -0.2) is 40.2 Å². The predicted molar refractivity (Wildman–Crippen MR) is 139 cm³/mol. The standard InChI is InChI=1S/C29H34FN3O4/c1-29(2,3)33-28(35)37-24-14-23(15-24)36-22-11-12-25(26(30)16-22)20-9-10-21(31-18-20)13-27(34)32-17-19-7-5-4-6-8-19/h4-12,16,18,23-24,27,32,34H,13-15,17H2,1-3H3,(H,33,35). The Balaban J connectivity index is 1.25. The molecule has 0 spiro atoms. The van der Waals surface area contributed by atoms with Crippen LogP contribution in [0.1, 0.15) is 44.9 Å². The fourth-order valence-corrected chi connectivity index (χ4v) is 4.00. The van der Waals surface area contributed by atoms with Gasteiger partial charge >= 0.3 is 6.09 Å². The van der Waals surface area contributed by atoms with E-state index in [0.717, 1.165) is 5.56 Å². The highest BCUT2D eigenvalue weighted by Crippen LogP contribution is 2.31. The second-order valence-electron chi connectivity index (χ2n) is 10.4. The van der Waals surface area contributed by atoms with Crippen LogP contribution in [0.25, 0.3) is 11.1 Å². The average Bonchev–Trinajstić information content (AvgIpc) is 2.82. The quantitative estimate of drug-likeness (QED) is 0.354. The number of alkyl carbamates (subject to hydrolysis) is 1.